The lowest BCUT2D eigenvalue weighted by molar-refractivity contribution is -0.116. The Labute approximate surface area is 162 Å². The number of benzene rings is 2. The summed E-state index contributed by atoms with van der Waals surface area (Å²) in [4.78, 5) is 29.7. The molecule has 0 unspecified atom stereocenters. The van der Waals surface area contributed by atoms with Crippen molar-refractivity contribution in [2.24, 2.45) is 0 Å². The first-order valence-electron chi connectivity index (χ1n) is 8.08. The molecule has 2 aromatic heterocycles. The van der Waals surface area contributed by atoms with E-state index in [0.717, 1.165) is 0 Å². The maximum atomic E-state index is 14.2. The molecule has 0 aliphatic rings. The fourth-order valence-electron chi connectivity index (χ4n) is 2.92. The Morgan fingerprint density at radius 3 is 2.81 bits per heavy atom. The molecule has 0 fully saturated rings. The molecule has 0 radical (unpaired) electrons. The van der Waals surface area contributed by atoms with E-state index in [9.17, 15) is 14.0 Å². The summed E-state index contributed by atoms with van der Waals surface area (Å²) in [6.45, 7) is 1.41. The van der Waals surface area contributed by atoms with E-state index in [1.807, 2.05) is 0 Å². The first-order valence-corrected chi connectivity index (χ1v) is 9.27. The van der Waals surface area contributed by atoms with Crippen LogP contribution in [0.5, 0.6) is 0 Å². The fraction of sp³-hybridized carbons (Fsp3) is 0.105. The number of thiophene rings is 1. The van der Waals surface area contributed by atoms with Gasteiger partial charge in [-0.25, -0.2) is 9.37 Å². The summed E-state index contributed by atoms with van der Waals surface area (Å²) in [5, 5.41) is 3.43. The van der Waals surface area contributed by atoms with Gasteiger partial charge in [-0.1, -0.05) is 29.8 Å². The number of hydrogen-bond acceptors (Lipinski definition) is 4. The third kappa shape index (κ3) is 3.09. The van der Waals surface area contributed by atoms with E-state index in [4.69, 9.17) is 11.6 Å². The van der Waals surface area contributed by atoms with Crippen LogP contribution in [0.4, 0.5) is 10.1 Å². The van der Waals surface area contributed by atoms with Gasteiger partial charge in [0.05, 0.1) is 21.6 Å². The number of halogens is 2. The minimum Gasteiger partial charge on any atom is -0.323 e. The van der Waals surface area contributed by atoms with Gasteiger partial charge in [0, 0.05) is 4.70 Å². The van der Waals surface area contributed by atoms with Gasteiger partial charge < -0.3 is 5.32 Å². The number of rotatable bonds is 3. The maximum Gasteiger partial charge on any atom is 0.272 e. The molecule has 8 heteroatoms. The lowest BCUT2D eigenvalue weighted by Crippen LogP contribution is -2.29. The normalized spacial score (nSPS) is 11.2. The van der Waals surface area contributed by atoms with E-state index in [1.54, 1.807) is 43.3 Å². The first kappa shape index (κ1) is 17.6. The second kappa shape index (κ2) is 6.75. The van der Waals surface area contributed by atoms with Crippen LogP contribution in [0.25, 0.3) is 20.3 Å². The molecule has 0 atom stereocenters. The number of nitrogens with one attached hydrogen (secondary N) is 1. The molecule has 4 rings (SSSR count). The number of aryl methyl sites for hydroxylation is 1. The van der Waals surface area contributed by atoms with Crippen molar-refractivity contribution in [1.82, 2.24) is 9.55 Å². The molecule has 1 amide bonds. The fourth-order valence-corrected chi connectivity index (χ4v) is 4.20. The number of para-hydroxylation sites is 1. The van der Waals surface area contributed by atoms with Crippen LogP contribution in [0.1, 0.15) is 5.82 Å². The summed E-state index contributed by atoms with van der Waals surface area (Å²) in [5.74, 6) is -0.481. The predicted octanol–water partition coefficient (Wildman–Crippen LogP) is 4.35. The van der Waals surface area contributed by atoms with E-state index in [1.165, 1.54) is 22.0 Å². The van der Waals surface area contributed by atoms with E-state index in [2.05, 4.69) is 10.3 Å². The zero-order valence-electron chi connectivity index (χ0n) is 14.1. The third-order valence-electron chi connectivity index (χ3n) is 4.19. The van der Waals surface area contributed by atoms with E-state index < -0.39 is 11.7 Å². The van der Waals surface area contributed by atoms with Gasteiger partial charge in [-0.2, -0.15) is 0 Å². The van der Waals surface area contributed by atoms with Crippen molar-refractivity contribution >= 4 is 54.8 Å². The molecule has 136 valence electrons. The summed E-state index contributed by atoms with van der Waals surface area (Å²) in [5.41, 5.74) is 0.429. The van der Waals surface area contributed by atoms with Crippen LogP contribution in [-0.2, 0) is 11.3 Å². The van der Waals surface area contributed by atoms with E-state index in [0.29, 0.717) is 36.8 Å². The Balaban J connectivity index is 1.75. The van der Waals surface area contributed by atoms with Crippen molar-refractivity contribution in [1.29, 1.82) is 0 Å². The van der Waals surface area contributed by atoms with Crippen molar-refractivity contribution < 1.29 is 9.18 Å². The molecule has 0 aliphatic heterocycles. The summed E-state index contributed by atoms with van der Waals surface area (Å²) < 4.78 is 16.4. The summed E-state index contributed by atoms with van der Waals surface area (Å²) in [7, 11) is 0. The predicted molar refractivity (Wildman–Crippen MR) is 106 cm³/mol. The van der Waals surface area contributed by atoms with Crippen LogP contribution in [0.2, 0.25) is 5.02 Å². The average Bonchev–Trinajstić information content (AvgIpc) is 3.00. The molecule has 2 heterocycles. The van der Waals surface area contributed by atoms with Crippen molar-refractivity contribution in [3.63, 3.8) is 0 Å². The van der Waals surface area contributed by atoms with Crippen LogP contribution in [0.15, 0.2) is 47.3 Å². The summed E-state index contributed by atoms with van der Waals surface area (Å²) in [6, 6.07) is 11.5. The van der Waals surface area contributed by atoms with Gasteiger partial charge in [-0.15, -0.1) is 11.3 Å². The van der Waals surface area contributed by atoms with Crippen LogP contribution in [-0.4, -0.2) is 15.5 Å². The Hall–Kier alpha value is -2.77. The van der Waals surface area contributed by atoms with E-state index in [-0.39, 0.29) is 12.1 Å². The smallest absolute Gasteiger partial charge is 0.272 e. The van der Waals surface area contributed by atoms with Gasteiger partial charge in [0.2, 0.25) is 5.91 Å². The molecular weight excluding hydrogens is 389 g/mol. The minimum absolute atomic E-state index is 0.213. The lowest BCUT2D eigenvalue weighted by Gasteiger charge is -2.11. The van der Waals surface area contributed by atoms with Crippen LogP contribution >= 0.6 is 22.9 Å². The molecule has 5 nitrogen and oxygen atoms in total. The van der Waals surface area contributed by atoms with Crippen molar-refractivity contribution in [3.05, 3.63) is 69.5 Å². The van der Waals surface area contributed by atoms with Crippen molar-refractivity contribution in [3.8, 4) is 0 Å². The Morgan fingerprint density at radius 2 is 2.04 bits per heavy atom. The number of fused-ring (bicyclic) bond motifs is 3. The first-order chi connectivity index (χ1) is 13.0. The SMILES string of the molecule is Cc1nc2c(sc3cccc(F)c32)c(=O)n1CC(=O)Nc1ccccc1Cl. The standard InChI is InChI=1S/C19H13ClFN3O2S/c1-10-22-17-16-12(21)6-4-8-14(16)27-18(17)19(26)24(10)9-15(25)23-13-7-3-2-5-11(13)20/h2-8H,9H2,1H3,(H,23,25). The molecule has 0 saturated heterocycles. The number of anilines is 1. The van der Waals surface area contributed by atoms with E-state index >= 15 is 0 Å². The van der Waals surface area contributed by atoms with Crippen LogP contribution < -0.4 is 10.9 Å². The van der Waals surface area contributed by atoms with Gasteiger partial charge in [0.1, 0.15) is 22.9 Å². The highest BCUT2D eigenvalue weighted by Crippen LogP contribution is 2.32. The summed E-state index contributed by atoms with van der Waals surface area (Å²) in [6.07, 6.45) is 0. The Morgan fingerprint density at radius 1 is 1.26 bits per heavy atom. The molecule has 0 aliphatic carbocycles. The number of carbonyl (C=O) groups excluding carboxylic acids is 1. The summed E-state index contributed by atoms with van der Waals surface area (Å²) >= 11 is 7.21. The zero-order valence-corrected chi connectivity index (χ0v) is 15.7. The third-order valence-corrected chi connectivity index (χ3v) is 5.65. The molecule has 1 N–H and O–H groups in total. The second-order valence-corrected chi connectivity index (χ2v) is 7.43. The number of amides is 1. The largest absolute Gasteiger partial charge is 0.323 e. The molecule has 0 spiro atoms. The van der Waals surface area contributed by atoms with Crippen LogP contribution in [0.3, 0.4) is 0 Å². The quantitative estimate of drug-likeness (QED) is 0.555. The Bertz CT molecular complexity index is 1270. The average molecular weight is 402 g/mol. The van der Waals surface area contributed by atoms with Crippen LogP contribution in [0, 0.1) is 12.7 Å². The highest BCUT2D eigenvalue weighted by Gasteiger charge is 2.18. The van der Waals surface area contributed by atoms with Gasteiger partial charge in [-0.05, 0) is 31.2 Å². The zero-order chi connectivity index (χ0) is 19.1. The lowest BCUT2D eigenvalue weighted by atomic mass is 10.2. The molecule has 27 heavy (non-hydrogen) atoms. The van der Waals surface area contributed by atoms with Gasteiger partial charge >= 0.3 is 0 Å². The molecule has 4 aromatic rings. The van der Waals surface area contributed by atoms with Gasteiger partial charge in [0.25, 0.3) is 5.56 Å². The number of hydrogen-bond donors (Lipinski definition) is 1. The molecule has 0 saturated carbocycles. The molecule has 0 bridgehead atoms. The van der Waals surface area contributed by atoms with Gasteiger partial charge in [0.15, 0.2) is 0 Å². The van der Waals surface area contributed by atoms with Gasteiger partial charge in [-0.3, -0.25) is 14.2 Å². The highest BCUT2D eigenvalue weighted by molar-refractivity contribution is 7.25. The van der Waals surface area contributed by atoms with Crippen molar-refractivity contribution in [2.45, 2.75) is 13.5 Å². The molecule has 2 aromatic carbocycles. The molecular formula is C19H13ClFN3O2S. The number of aromatic nitrogens is 2. The Kier molecular flexibility index (Phi) is 4.41. The number of nitrogens with zero attached hydrogens (tertiary/aromatic N) is 2. The maximum absolute atomic E-state index is 14.2. The van der Waals surface area contributed by atoms with Crippen molar-refractivity contribution in [2.75, 3.05) is 5.32 Å². The topological polar surface area (TPSA) is 64.0 Å². The number of carbonyl (C=O) groups is 1. The minimum atomic E-state index is -0.417. The second-order valence-electron chi connectivity index (χ2n) is 5.97. The highest BCUT2D eigenvalue weighted by atomic mass is 35.5. The monoisotopic (exact) mass is 401 g/mol.